The topological polar surface area (TPSA) is 63.3 Å². The van der Waals surface area contributed by atoms with Gasteiger partial charge in [0.15, 0.2) is 5.78 Å². The molecule has 0 bridgehead atoms. The molecule has 0 aliphatic heterocycles. The lowest BCUT2D eigenvalue weighted by atomic mass is 10.0. The van der Waals surface area contributed by atoms with Crippen LogP contribution in [0.2, 0.25) is 0 Å². The van der Waals surface area contributed by atoms with E-state index in [1.165, 1.54) is 13.0 Å². The molecule has 1 aromatic rings. The van der Waals surface area contributed by atoms with Gasteiger partial charge < -0.3 is 10.8 Å². The normalized spacial score (nSPS) is 9.27. The summed E-state index contributed by atoms with van der Waals surface area (Å²) in [5.41, 5.74) is 7.13. The Hall–Kier alpha value is -1.79. The van der Waals surface area contributed by atoms with E-state index in [-0.39, 0.29) is 18.1 Å². The molecule has 1 rings (SSSR count). The molecule has 0 aliphatic rings. The van der Waals surface area contributed by atoms with Gasteiger partial charge in [0.05, 0.1) is 12.1 Å². The average Bonchev–Trinajstić information content (AvgIpc) is 2.18. The Morgan fingerprint density at radius 1 is 1.53 bits per heavy atom. The van der Waals surface area contributed by atoms with Crippen molar-refractivity contribution in [2.24, 2.45) is 5.73 Å². The van der Waals surface area contributed by atoms with Crippen LogP contribution in [0, 0.1) is 18.8 Å². The molecule has 78 valence electrons. The van der Waals surface area contributed by atoms with Crippen LogP contribution in [0.5, 0.6) is 5.75 Å². The number of carbonyl (C=O) groups excluding carboxylic acids is 1. The molecule has 15 heavy (non-hydrogen) atoms. The molecule has 3 nitrogen and oxygen atoms in total. The zero-order valence-corrected chi connectivity index (χ0v) is 8.79. The first-order chi connectivity index (χ1) is 7.06. The highest BCUT2D eigenvalue weighted by Gasteiger charge is 2.08. The molecule has 0 fully saturated rings. The average molecular weight is 203 g/mol. The number of aromatic hydroxyl groups is 1. The van der Waals surface area contributed by atoms with Gasteiger partial charge in [0.25, 0.3) is 0 Å². The SMILES string of the molecule is CC(=O)c1cc(C)c(C#CCN)cc1O. The van der Waals surface area contributed by atoms with Gasteiger partial charge in [0.2, 0.25) is 0 Å². The predicted molar refractivity (Wildman–Crippen MR) is 58.8 cm³/mol. The Labute approximate surface area is 88.9 Å². The number of phenolic OH excluding ortho intramolecular Hbond substituents is 1. The molecule has 0 saturated heterocycles. The van der Waals surface area contributed by atoms with Gasteiger partial charge in [-0.25, -0.2) is 0 Å². The van der Waals surface area contributed by atoms with Crippen LogP contribution in [-0.2, 0) is 0 Å². The van der Waals surface area contributed by atoms with Crippen LogP contribution < -0.4 is 5.73 Å². The number of carbonyl (C=O) groups is 1. The fourth-order valence-electron chi connectivity index (χ4n) is 1.26. The number of aryl methyl sites for hydroxylation is 1. The Balaban J connectivity index is 3.25. The maximum absolute atomic E-state index is 11.1. The number of benzene rings is 1. The van der Waals surface area contributed by atoms with Crippen LogP contribution in [-0.4, -0.2) is 17.4 Å². The second-order valence-corrected chi connectivity index (χ2v) is 3.25. The van der Waals surface area contributed by atoms with Gasteiger partial charge in [-0.05, 0) is 31.5 Å². The molecule has 0 aliphatic carbocycles. The van der Waals surface area contributed by atoms with Crippen LogP contribution in [0.15, 0.2) is 12.1 Å². The van der Waals surface area contributed by atoms with E-state index in [2.05, 4.69) is 11.8 Å². The predicted octanol–water partition coefficient (Wildman–Crippen LogP) is 1.21. The zero-order valence-electron chi connectivity index (χ0n) is 8.79. The number of rotatable bonds is 1. The van der Waals surface area contributed by atoms with E-state index in [1.54, 1.807) is 6.07 Å². The number of nitrogens with two attached hydrogens (primary N) is 1. The minimum absolute atomic E-state index is 0.0329. The van der Waals surface area contributed by atoms with Crippen molar-refractivity contribution in [1.82, 2.24) is 0 Å². The third-order valence-corrected chi connectivity index (χ3v) is 2.05. The molecule has 0 atom stereocenters. The van der Waals surface area contributed by atoms with Crippen molar-refractivity contribution in [2.45, 2.75) is 13.8 Å². The molecule has 3 heteroatoms. The van der Waals surface area contributed by atoms with Crippen molar-refractivity contribution in [2.75, 3.05) is 6.54 Å². The largest absolute Gasteiger partial charge is 0.507 e. The molecule has 0 aromatic heterocycles. The summed E-state index contributed by atoms with van der Waals surface area (Å²) in [6.45, 7) is 3.53. The maximum Gasteiger partial charge on any atom is 0.163 e. The lowest BCUT2D eigenvalue weighted by Gasteiger charge is -2.04. The summed E-state index contributed by atoms with van der Waals surface area (Å²) < 4.78 is 0. The second-order valence-electron chi connectivity index (χ2n) is 3.25. The van der Waals surface area contributed by atoms with Crippen LogP contribution in [0.25, 0.3) is 0 Å². The standard InChI is InChI=1S/C12H13NO2/c1-8-6-11(9(2)14)12(15)7-10(8)4-3-5-13/h6-7,15H,5,13H2,1-2H3. The van der Waals surface area contributed by atoms with Crippen molar-refractivity contribution in [3.63, 3.8) is 0 Å². The highest BCUT2D eigenvalue weighted by atomic mass is 16.3. The van der Waals surface area contributed by atoms with E-state index in [0.717, 1.165) is 5.56 Å². The Morgan fingerprint density at radius 3 is 2.73 bits per heavy atom. The highest BCUT2D eigenvalue weighted by molar-refractivity contribution is 5.97. The lowest BCUT2D eigenvalue weighted by molar-refractivity contribution is 0.101. The fraction of sp³-hybridized carbons (Fsp3) is 0.250. The quantitative estimate of drug-likeness (QED) is 0.532. The van der Waals surface area contributed by atoms with Crippen molar-refractivity contribution >= 4 is 5.78 Å². The fourth-order valence-corrected chi connectivity index (χ4v) is 1.26. The number of hydrogen-bond donors (Lipinski definition) is 2. The van der Waals surface area contributed by atoms with Crippen molar-refractivity contribution < 1.29 is 9.90 Å². The van der Waals surface area contributed by atoms with Crippen molar-refractivity contribution in [3.8, 4) is 17.6 Å². The van der Waals surface area contributed by atoms with Gasteiger partial charge >= 0.3 is 0 Å². The van der Waals surface area contributed by atoms with Crippen LogP contribution >= 0.6 is 0 Å². The number of ketones is 1. The Kier molecular flexibility index (Phi) is 3.48. The minimum Gasteiger partial charge on any atom is -0.507 e. The molecule has 0 spiro atoms. The third-order valence-electron chi connectivity index (χ3n) is 2.05. The van der Waals surface area contributed by atoms with Gasteiger partial charge in [-0.2, -0.15) is 0 Å². The molecule has 0 heterocycles. The van der Waals surface area contributed by atoms with Crippen LogP contribution in [0.4, 0.5) is 0 Å². The van der Waals surface area contributed by atoms with Crippen molar-refractivity contribution in [1.29, 1.82) is 0 Å². The summed E-state index contributed by atoms with van der Waals surface area (Å²) >= 11 is 0. The van der Waals surface area contributed by atoms with E-state index < -0.39 is 0 Å². The molecular formula is C12H13NO2. The molecule has 0 amide bonds. The van der Waals surface area contributed by atoms with E-state index in [4.69, 9.17) is 5.73 Å². The Bertz CT molecular complexity index is 453. The van der Waals surface area contributed by atoms with Gasteiger partial charge in [-0.1, -0.05) is 11.8 Å². The monoisotopic (exact) mass is 203 g/mol. The third kappa shape index (κ3) is 2.58. The van der Waals surface area contributed by atoms with Crippen LogP contribution in [0.3, 0.4) is 0 Å². The summed E-state index contributed by atoms with van der Waals surface area (Å²) in [4.78, 5) is 11.1. The molecule has 3 N–H and O–H groups in total. The zero-order chi connectivity index (χ0) is 11.4. The second kappa shape index (κ2) is 4.63. The molecule has 0 radical (unpaired) electrons. The summed E-state index contributed by atoms with van der Waals surface area (Å²) in [6, 6.07) is 3.13. The summed E-state index contributed by atoms with van der Waals surface area (Å²) in [5.74, 6) is 5.34. The van der Waals surface area contributed by atoms with Crippen molar-refractivity contribution in [3.05, 3.63) is 28.8 Å². The first kappa shape index (κ1) is 11.3. The summed E-state index contributed by atoms with van der Waals surface area (Å²) in [5, 5.41) is 9.57. The smallest absolute Gasteiger partial charge is 0.163 e. The first-order valence-electron chi connectivity index (χ1n) is 4.59. The number of hydrogen-bond acceptors (Lipinski definition) is 3. The highest BCUT2D eigenvalue weighted by Crippen LogP contribution is 2.22. The molecule has 0 unspecified atom stereocenters. The molecule has 1 aromatic carbocycles. The number of phenols is 1. The van der Waals surface area contributed by atoms with E-state index in [9.17, 15) is 9.90 Å². The van der Waals surface area contributed by atoms with E-state index in [1.807, 2.05) is 6.92 Å². The molecule has 0 saturated carbocycles. The van der Waals surface area contributed by atoms with Gasteiger partial charge in [0, 0.05) is 5.56 Å². The van der Waals surface area contributed by atoms with Gasteiger partial charge in [-0.3, -0.25) is 4.79 Å². The van der Waals surface area contributed by atoms with Crippen LogP contribution in [0.1, 0.15) is 28.4 Å². The lowest BCUT2D eigenvalue weighted by Crippen LogP contribution is -1.96. The van der Waals surface area contributed by atoms with Gasteiger partial charge in [-0.15, -0.1) is 0 Å². The van der Waals surface area contributed by atoms with Gasteiger partial charge in [0.1, 0.15) is 5.75 Å². The minimum atomic E-state index is -0.158. The van der Waals surface area contributed by atoms with E-state index in [0.29, 0.717) is 11.1 Å². The first-order valence-corrected chi connectivity index (χ1v) is 4.59. The summed E-state index contributed by atoms with van der Waals surface area (Å²) in [7, 11) is 0. The van der Waals surface area contributed by atoms with E-state index >= 15 is 0 Å². The molecular weight excluding hydrogens is 190 g/mol. The number of Topliss-reactive ketones (excluding diaryl/α,β-unsaturated/α-hetero) is 1. The maximum atomic E-state index is 11.1. The summed E-state index contributed by atoms with van der Waals surface area (Å²) in [6.07, 6.45) is 0. The Morgan fingerprint density at radius 2 is 2.20 bits per heavy atom.